The molecule has 0 saturated carbocycles. The van der Waals surface area contributed by atoms with Crippen LogP contribution in [0.25, 0.3) is 0 Å². The minimum absolute atomic E-state index is 0.0957. The summed E-state index contributed by atoms with van der Waals surface area (Å²) in [7, 11) is 0. The van der Waals surface area contributed by atoms with E-state index in [9.17, 15) is 4.79 Å². The molecule has 29 heavy (non-hydrogen) atoms. The van der Waals surface area contributed by atoms with Gasteiger partial charge in [0.2, 0.25) is 0 Å². The quantitative estimate of drug-likeness (QED) is 0.740. The van der Waals surface area contributed by atoms with E-state index < -0.39 is 0 Å². The first-order valence-corrected chi connectivity index (χ1v) is 9.72. The minimum atomic E-state index is 0.0957. The van der Waals surface area contributed by atoms with Crippen molar-refractivity contribution in [3.8, 4) is 0 Å². The number of carbonyl (C=O) groups excluding carboxylic acids is 1. The van der Waals surface area contributed by atoms with Crippen molar-refractivity contribution in [3.05, 3.63) is 71.7 Å². The topological polar surface area (TPSA) is 74.2 Å². The van der Waals surface area contributed by atoms with Gasteiger partial charge in [0.05, 0.1) is 0 Å². The zero-order valence-electron chi connectivity index (χ0n) is 16.7. The molecule has 148 valence electrons. The van der Waals surface area contributed by atoms with E-state index in [4.69, 9.17) is 0 Å². The third-order valence-corrected chi connectivity index (χ3v) is 5.09. The molecule has 2 aromatic heterocycles. The highest BCUT2D eigenvalue weighted by Crippen LogP contribution is 2.20. The number of aromatic nitrogens is 3. The van der Waals surface area contributed by atoms with Crippen molar-refractivity contribution < 1.29 is 4.79 Å². The van der Waals surface area contributed by atoms with Gasteiger partial charge in [0, 0.05) is 44.0 Å². The Morgan fingerprint density at radius 2 is 1.69 bits per heavy atom. The van der Waals surface area contributed by atoms with Crippen LogP contribution < -0.4 is 10.2 Å². The van der Waals surface area contributed by atoms with Gasteiger partial charge in [0.15, 0.2) is 0 Å². The van der Waals surface area contributed by atoms with Crippen molar-refractivity contribution in [1.29, 1.82) is 0 Å². The minimum Gasteiger partial charge on any atom is -0.353 e. The Morgan fingerprint density at radius 1 is 0.931 bits per heavy atom. The monoisotopic (exact) mass is 388 g/mol. The molecule has 0 atom stereocenters. The van der Waals surface area contributed by atoms with Gasteiger partial charge in [-0.05, 0) is 43.2 Å². The summed E-state index contributed by atoms with van der Waals surface area (Å²) in [4.78, 5) is 29.9. The molecule has 1 amide bonds. The van der Waals surface area contributed by atoms with E-state index >= 15 is 0 Å². The Balaban J connectivity index is 1.41. The molecule has 1 aromatic carbocycles. The molecule has 0 bridgehead atoms. The predicted molar refractivity (Wildman–Crippen MR) is 114 cm³/mol. The van der Waals surface area contributed by atoms with E-state index in [1.165, 1.54) is 0 Å². The van der Waals surface area contributed by atoms with Crippen LogP contribution in [0.4, 0.5) is 17.5 Å². The molecule has 4 rings (SSSR count). The third kappa shape index (κ3) is 4.34. The van der Waals surface area contributed by atoms with Gasteiger partial charge in [0.1, 0.15) is 23.8 Å². The second kappa shape index (κ2) is 8.26. The van der Waals surface area contributed by atoms with E-state index in [2.05, 4.69) is 25.2 Å². The van der Waals surface area contributed by atoms with Gasteiger partial charge >= 0.3 is 0 Å². The van der Waals surface area contributed by atoms with E-state index in [0.29, 0.717) is 18.9 Å². The molecule has 0 aliphatic carbocycles. The number of aryl methyl sites for hydroxylation is 2. The number of anilines is 3. The maximum absolute atomic E-state index is 12.8. The molecule has 0 radical (unpaired) electrons. The third-order valence-electron chi connectivity index (χ3n) is 5.09. The normalized spacial score (nSPS) is 14.0. The number of nitrogens with zero attached hydrogens (tertiary/aromatic N) is 5. The van der Waals surface area contributed by atoms with Crippen molar-refractivity contribution in [2.24, 2.45) is 0 Å². The molecule has 1 aliphatic heterocycles. The summed E-state index contributed by atoms with van der Waals surface area (Å²) in [5, 5.41) is 3.23. The summed E-state index contributed by atoms with van der Waals surface area (Å²) < 4.78 is 0. The fourth-order valence-corrected chi connectivity index (χ4v) is 3.45. The Labute approximate surface area is 170 Å². The average molecular weight is 388 g/mol. The molecule has 3 heterocycles. The number of hydrogen-bond acceptors (Lipinski definition) is 6. The number of piperazine rings is 1. The van der Waals surface area contributed by atoms with Gasteiger partial charge in [-0.2, -0.15) is 0 Å². The number of pyridine rings is 1. The number of hydrogen-bond donors (Lipinski definition) is 1. The summed E-state index contributed by atoms with van der Waals surface area (Å²) in [6.07, 6.45) is 3.32. The van der Waals surface area contributed by atoms with Crippen molar-refractivity contribution in [2.75, 3.05) is 36.4 Å². The molecule has 0 spiro atoms. The highest BCUT2D eigenvalue weighted by Gasteiger charge is 2.23. The maximum atomic E-state index is 12.8. The Morgan fingerprint density at radius 3 is 2.45 bits per heavy atom. The van der Waals surface area contributed by atoms with Crippen molar-refractivity contribution in [1.82, 2.24) is 19.9 Å². The SMILES string of the molecule is Cc1ccnc(Nc2cc(N3CCN(C(=O)c4ccccc4C)CC3)ncn2)c1. The van der Waals surface area contributed by atoms with Crippen molar-refractivity contribution in [3.63, 3.8) is 0 Å². The van der Waals surface area contributed by atoms with Gasteiger partial charge in [-0.25, -0.2) is 15.0 Å². The fraction of sp³-hybridized carbons (Fsp3) is 0.273. The van der Waals surface area contributed by atoms with Gasteiger partial charge in [-0.3, -0.25) is 4.79 Å². The lowest BCUT2D eigenvalue weighted by Gasteiger charge is -2.35. The van der Waals surface area contributed by atoms with Crippen LogP contribution in [-0.2, 0) is 0 Å². The number of benzene rings is 1. The smallest absolute Gasteiger partial charge is 0.254 e. The van der Waals surface area contributed by atoms with Crippen LogP contribution in [0.1, 0.15) is 21.5 Å². The van der Waals surface area contributed by atoms with Crippen LogP contribution in [0.3, 0.4) is 0 Å². The van der Waals surface area contributed by atoms with E-state index in [-0.39, 0.29) is 5.91 Å². The highest BCUT2D eigenvalue weighted by atomic mass is 16.2. The number of rotatable bonds is 4. The first-order valence-electron chi connectivity index (χ1n) is 9.72. The lowest BCUT2D eigenvalue weighted by molar-refractivity contribution is 0.0746. The second-order valence-electron chi connectivity index (χ2n) is 7.20. The van der Waals surface area contributed by atoms with E-state index in [1.54, 1.807) is 12.5 Å². The predicted octanol–water partition coefficient (Wildman–Crippen LogP) is 3.19. The van der Waals surface area contributed by atoms with Crippen molar-refractivity contribution in [2.45, 2.75) is 13.8 Å². The van der Waals surface area contributed by atoms with Gasteiger partial charge in [-0.15, -0.1) is 0 Å². The van der Waals surface area contributed by atoms with Gasteiger partial charge in [0.25, 0.3) is 5.91 Å². The van der Waals surface area contributed by atoms with E-state index in [1.807, 2.05) is 61.2 Å². The fourth-order valence-electron chi connectivity index (χ4n) is 3.45. The Bertz CT molecular complexity index is 1010. The molecule has 1 saturated heterocycles. The van der Waals surface area contributed by atoms with Crippen LogP contribution >= 0.6 is 0 Å². The zero-order chi connectivity index (χ0) is 20.2. The molecule has 1 fully saturated rings. The molecular weight excluding hydrogens is 364 g/mol. The molecule has 0 unspecified atom stereocenters. The number of carbonyl (C=O) groups is 1. The van der Waals surface area contributed by atoms with Crippen LogP contribution in [0.2, 0.25) is 0 Å². The zero-order valence-corrected chi connectivity index (χ0v) is 16.7. The molecule has 3 aromatic rings. The van der Waals surface area contributed by atoms with Gasteiger partial charge in [-0.1, -0.05) is 18.2 Å². The first kappa shape index (κ1) is 18.9. The molecule has 7 nitrogen and oxygen atoms in total. The molecule has 1 aliphatic rings. The summed E-state index contributed by atoms with van der Waals surface area (Å²) >= 11 is 0. The number of amides is 1. The summed E-state index contributed by atoms with van der Waals surface area (Å²) in [5.41, 5.74) is 2.92. The highest BCUT2D eigenvalue weighted by molar-refractivity contribution is 5.95. The summed E-state index contributed by atoms with van der Waals surface area (Å²) in [6, 6.07) is 13.6. The van der Waals surface area contributed by atoms with Crippen LogP contribution in [0.5, 0.6) is 0 Å². The first-order chi connectivity index (χ1) is 14.1. The molecule has 7 heteroatoms. The second-order valence-corrected chi connectivity index (χ2v) is 7.20. The maximum Gasteiger partial charge on any atom is 0.254 e. The Kier molecular flexibility index (Phi) is 5.37. The largest absolute Gasteiger partial charge is 0.353 e. The average Bonchev–Trinajstić information content (AvgIpc) is 2.74. The lowest BCUT2D eigenvalue weighted by Crippen LogP contribution is -2.49. The van der Waals surface area contributed by atoms with Crippen LogP contribution in [0.15, 0.2) is 55.0 Å². The van der Waals surface area contributed by atoms with E-state index in [0.717, 1.165) is 41.4 Å². The Hall–Kier alpha value is -3.48. The molecule has 1 N–H and O–H groups in total. The summed E-state index contributed by atoms with van der Waals surface area (Å²) in [5.74, 6) is 2.39. The number of nitrogens with one attached hydrogen (secondary N) is 1. The lowest BCUT2D eigenvalue weighted by atomic mass is 10.1. The molecular formula is C22H24N6O. The summed E-state index contributed by atoms with van der Waals surface area (Å²) in [6.45, 7) is 6.80. The van der Waals surface area contributed by atoms with Crippen molar-refractivity contribution >= 4 is 23.4 Å². The van der Waals surface area contributed by atoms with Crippen LogP contribution in [-0.4, -0.2) is 51.9 Å². The standard InChI is InChI=1S/C22H24N6O/c1-16-7-8-23-19(13-16)26-20-14-21(25-15-24-20)27-9-11-28(12-10-27)22(29)18-6-4-3-5-17(18)2/h3-8,13-15H,9-12H2,1-2H3,(H,23,24,25,26). The van der Waals surface area contributed by atoms with Crippen LogP contribution in [0, 0.1) is 13.8 Å². The van der Waals surface area contributed by atoms with Gasteiger partial charge < -0.3 is 15.1 Å².